The molecule has 122 valence electrons. The quantitative estimate of drug-likeness (QED) is 0.533. The summed E-state index contributed by atoms with van der Waals surface area (Å²) < 4.78 is 0. The van der Waals surface area contributed by atoms with Crippen LogP contribution in [0.15, 0.2) is 34.3 Å². The van der Waals surface area contributed by atoms with Crippen molar-refractivity contribution in [2.45, 2.75) is 46.5 Å². The van der Waals surface area contributed by atoms with E-state index < -0.39 is 0 Å². The third-order valence-corrected chi connectivity index (χ3v) is 3.61. The number of aryl methyl sites for hydroxylation is 1. The Bertz CT molecular complexity index is 490. The molecule has 0 unspecified atom stereocenters. The molecule has 0 aliphatic rings. The molecule has 5 N–H and O–H groups in total. The van der Waals surface area contributed by atoms with E-state index in [4.69, 9.17) is 11.5 Å². The molecule has 0 fully saturated rings. The maximum atomic E-state index is 5.84. The number of guanidine groups is 2. The minimum atomic E-state index is 0.229. The third-order valence-electron chi connectivity index (χ3n) is 3.61. The maximum Gasteiger partial charge on any atom is 0.218 e. The molecule has 5 heteroatoms. The van der Waals surface area contributed by atoms with Gasteiger partial charge in [0.25, 0.3) is 0 Å². The number of benzene rings is 1. The van der Waals surface area contributed by atoms with Gasteiger partial charge < -0.3 is 16.8 Å². The first-order chi connectivity index (χ1) is 10.5. The fraction of sp³-hybridized carbons (Fsp3) is 0.529. The second-order valence-corrected chi connectivity index (χ2v) is 5.60. The van der Waals surface area contributed by atoms with Gasteiger partial charge in [0, 0.05) is 12.2 Å². The van der Waals surface area contributed by atoms with Crippen LogP contribution in [0.5, 0.6) is 0 Å². The molecule has 0 amide bonds. The number of nitrogens with one attached hydrogen (secondary N) is 1. The van der Waals surface area contributed by atoms with Crippen LogP contribution in [0, 0.1) is 12.8 Å². The molecule has 0 saturated carbocycles. The van der Waals surface area contributed by atoms with Gasteiger partial charge in [-0.25, -0.2) is 0 Å². The van der Waals surface area contributed by atoms with Crippen LogP contribution in [0.1, 0.15) is 45.1 Å². The van der Waals surface area contributed by atoms with E-state index in [0.717, 1.165) is 12.1 Å². The van der Waals surface area contributed by atoms with E-state index in [1.165, 1.54) is 24.8 Å². The van der Waals surface area contributed by atoms with E-state index in [1.54, 1.807) is 0 Å². The minimum Gasteiger partial charge on any atom is -0.369 e. The first kappa shape index (κ1) is 18.0. The third kappa shape index (κ3) is 7.11. The second-order valence-electron chi connectivity index (χ2n) is 5.60. The highest BCUT2D eigenvalue weighted by Crippen LogP contribution is 2.12. The van der Waals surface area contributed by atoms with Crippen LogP contribution in [-0.4, -0.2) is 18.5 Å². The molecule has 0 heterocycles. The molecule has 0 aromatic heterocycles. The lowest BCUT2D eigenvalue weighted by atomic mass is 10.00. The highest BCUT2D eigenvalue weighted by atomic mass is 15.2. The number of nitrogens with two attached hydrogens (primary N) is 2. The fourth-order valence-corrected chi connectivity index (χ4v) is 2.11. The highest BCUT2D eigenvalue weighted by molar-refractivity contribution is 6.00. The Morgan fingerprint density at radius 1 is 1.18 bits per heavy atom. The molecule has 5 nitrogen and oxygen atoms in total. The number of rotatable bonds is 7. The summed E-state index contributed by atoms with van der Waals surface area (Å²) >= 11 is 0. The number of unbranched alkanes of at least 4 members (excludes halogenated alkanes) is 1. The smallest absolute Gasteiger partial charge is 0.218 e. The van der Waals surface area contributed by atoms with E-state index in [1.807, 2.05) is 31.2 Å². The van der Waals surface area contributed by atoms with Crippen LogP contribution < -0.4 is 16.8 Å². The molecule has 0 aliphatic carbocycles. The van der Waals surface area contributed by atoms with Gasteiger partial charge in [0.1, 0.15) is 0 Å². The SMILES string of the molecule is CCCC[C@H](CC)CN=C(N)N=C(N)Nc1ccc(C)cc1. The zero-order valence-electron chi connectivity index (χ0n) is 14.0. The Morgan fingerprint density at radius 2 is 1.86 bits per heavy atom. The molecular formula is C17H29N5. The van der Waals surface area contributed by atoms with E-state index in [2.05, 4.69) is 29.1 Å². The van der Waals surface area contributed by atoms with Crippen molar-refractivity contribution in [1.29, 1.82) is 0 Å². The van der Waals surface area contributed by atoms with E-state index >= 15 is 0 Å². The molecule has 0 spiro atoms. The normalized spacial score (nSPS) is 14.0. The van der Waals surface area contributed by atoms with Crippen molar-refractivity contribution in [1.82, 2.24) is 0 Å². The largest absolute Gasteiger partial charge is 0.369 e. The molecule has 0 radical (unpaired) electrons. The Morgan fingerprint density at radius 3 is 2.45 bits per heavy atom. The molecule has 0 saturated heterocycles. The summed E-state index contributed by atoms with van der Waals surface area (Å²) in [4.78, 5) is 8.42. The fourth-order valence-electron chi connectivity index (χ4n) is 2.11. The number of hydrogen-bond acceptors (Lipinski definition) is 1. The average Bonchev–Trinajstić information content (AvgIpc) is 2.49. The van der Waals surface area contributed by atoms with Crippen molar-refractivity contribution < 1.29 is 0 Å². The Kier molecular flexibility index (Phi) is 8.04. The summed E-state index contributed by atoms with van der Waals surface area (Å²) in [6.45, 7) is 7.13. The molecule has 1 aromatic rings. The number of anilines is 1. The van der Waals surface area contributed by atoms with Gasteiger partial charge in [0.2, 0.25) is 11.9 Å². The predicted octanol–water partition coefficient (Wildman–Crippen LogP) is 3.25. The molecule has 0 bridgehead atoms. The summed E-state index contributed by atoms with van der Waals surface area (Å²) in [5.74, 6) is 1.05. The van der Waals surface area contributed by atoms with Crippen molar-refractivity contribution in [3.05, 3.63) is 29.8 Å². The Balaban J connectivity index is 2.54. The van der Waals surface area contributed by atoms with Gasteiger partial charge in [-0.2, -0.15) is 4.99 Å². The van der Waals surface area contributed by atoms with Gasteiger partial charge in [-0.05, 0) is 31.4 Å². The van der Waals surface area contributed by atoms with E-state index in [9.17, 15) is 0 Å². The highest BCUT2D eigenvalue weighted by Gasteiger charge is 2.05. The zero-order valence-corrected chi connectivity index (χ0v) is 14.0. The van der Waals surface area contributed by atoms with Gasteiger partial charge >= 0.3 is 0 Å². The first-order valence-corrected chi connectivity index (χ1v) is 8.02. The van der Waals surface area contributed by atoms with Crippen molar-refractivity contribution in [3.63, 3.8) is 0 Å². The van der Waals surface area contributed by atoms with Crippen LogP contribution >= 0.6 is 0 Å². The molecule has 1 rings (SSSR count). The summed E-state index contributed by atoms with van der Waals surface area (Å²) in [7, 11) is 0. The van der Waals surface area contributed by atoms with Gasteiger partial charge in [-0.15, -0.1) is 0 Å². The van der Waals surface area contributed by atoms with E-state index in [-0.39, 0.29) is 11.9 Å². The van der Waals surface area contributed by atoms with Gasteiger partial charge in [0.15, 0.2) is 0 Å². The average molecular weight is 303 g/mol. The molecule has 1 aromatic carbocycles. The van der Waals surface area contributed by atoms with Crippen molar-refractivity contribution in [2.75, 3.05) is 11.9 Å². The summed E-state index contributed by atoms with van der Waals surface area (Å²) in [6, 6.07) is 7.91. The summed E-state index contributed by atoms with van der Waals surface area (Å²) in [5.41, 5.74) is 13.7. The Labute approximate surface area is 133 Å². The molecular weight excluding hydrogens is 274 g/mol. The lowest BCUT2D eigenvalue weighted by Crippen LogP contribution is -2.26. The summed E-state index contributed by atoms with van der Waals surface area (Å²) in [6.07, 6.45) is 4.73. The topological polar surface area (TPSA) is 88.8 Å². The number of nitrogens with zero attached hydrogens (tertiary/aromatic N) is 2. The molecule has 22 heavy (non-hydrogen) atoms. The molecule has 1 atom stereocenters. The van der Waals surface area contributed by atoms with Crippen molar-refractivity contribution in [2.24, 2.45) is 27.4 Å². The standard InChI is InChI=1S/C17H29N5/c1-4-6-7-14(5-2)12-20-16(18)22-17(19)21-15-10-8-13(3)9-11-15/h8-11,14H,4-7,12H2,1-3H3,(H5,18,19,20,21,22)/t14-/m0/s1. The lowest BCUT2D eigenvalue weighted by Gasteiger charge is -2.11. The van der Waals surface area contributed by atoms with Crippen LogP contribution in [0.4, 0.5) is 5.69 Å². The number of aliphatic imine (C=N–C) groups is 2. The maximum absolute atomic E-state index is 5.84. The predicted molar refractivity (Wildman–Crippen MR) is 96.2 cm³/mol. The minimum absolute atomic E-state index is 0.229. The van der Waals surface area contributed by atoms with Gasteiger partial charge in [-0.3, -0.25) is 4.99 Å². The Hall–Kier alpha value is -2.04. The summed E-state index contributed by atoms with van der Waals surface area (Å²) in [5, 5.41) is 3.00. The number of hydrogen-bond donors (Lipinski definition) is 3. The van der Waals surface area contributed by atoms with Crippen LogP contribution in [0.25, 0.3) is 0 Å². The van der Waals surface area contributed by atoms with Gasteiger partial charge in [-0.1, -0.05) is 50.8 Å². The van der Waals surface area contributed by atoms with Crippen LogP contribution in [0.2, 0.25) is 0 Å². The lowest BCUT2D eigenvalue weighted by molar-refractivity contribution is 0.462. The van der Waals surface area contributed by atoms with Crippen LogP contribution in [-0.2, 0) is 0 Å². The van der Waals surface area contributed by atoms with Crippen molar-refractivity contribution in [3.8, 4) is 0 Å². The van der Waals surface area contributed by atoms with Crippen molar-refractivity contribution >= 4 is 17.6 Å². The van der Waals surface area contributed by atoms with E-state index in [0.29, 0.717) is 12.5 Å². The monoisotopic (exact) mass is 303 g/mol. The first-order valence-electron chi connectivity index (χ1n) is 8.02. The second kappa shape index (κ2) is 9.82. The zero-order chi connectivity index (χ0) is 16.4. The van der Waals surface area contributed by atoms with Gasteiger partial charge in [0.05, 0.1) is 0 Å². The molecule has 0 aliphatic heterocycles. The van der Waals surface area contributed by atoms with Crippen LogP contribution in [0.3, 0.4) is 0 Å².